The van der Waals surface area contributed by atoms with Gasteiger partial charge in [-0.2, -0.15) is 0 Å². The Morgan fingerprint density at radius 3 is 1.92 bits per heavy atom. The Labute approximate surface area is 75.0 Å². The highest BCUT2D eigenvalue weighted by molar-refractivity contribution is 4.66. The van der Waals surface area contributed by atoms with Crippen LogP contribution in [-0.2, 0) is 14.2 Å². The van der Waals surface area contributed by atoms with E-state index >= 15 is 0 Å². The van der Waals surface area contributed by atoms with E-state index in [1.54, 1.807) is 7.11 Å². The van der Waals surface area contributed by atoms with E-state index in [0.717, 1.165) is 0 Å². The molecule has 1 aliphatic heterocycles. The van der Waals surface area contributed by atoms with Gasteiger partial charge in [-0.05, 0) is 13.8 Å². The second-order valence-corrected chi connectivity index (χ2v) is 2.88. The molecule has 0 aliphatic carbocycles. The van der Waals surface area contributed by atoms with Gasteiger partial charge in [0.2, 0.25) is 0 Å². The molecule has 1 heterocycles. The molecule has 74 valence electrons. The molecule has 0 N–H and O–H groups in total. The molecule has 0 amide bonds. The zero-order valence-electron chi connectivity index (χ0n) is 8.72. The molecule has 1 rings (SSSR count). The van der Waals surface area contributed by atoms with Crippen LogP contribution in [0.3, 0.4) is 0 Å². The second-order valence-electron chi connectivity index (χ2n) is 2.88. The van der Waals surface area contributed by atoms with E-state index in [1.165, 1.54) is 0 Å². The Kier molecular flexibility index (Phi) is 5.46. The van der Waals surface area contributed by atoms with Crippen LogP contribution in [0.1, 0.15) is 27.7 Å². The highest BCUT2D eigenvalue weighted by atomic mass is 16.7. The molecule has 0 atom stereocenters. The van der Waals surface area contributed by atoms with Crippen molar-refractivity contribution in [3.63, 3.8) is 0 Å². The van der Waals surface area contributed by atoms with Crippen molar-refractivity contribution in [3.05, 3.63) is 0 Å². The van der Waals surface area contributed by atoms with E-state index in [1.807, 2.05) is 27.7 Å². The fraction of sp³-hybridized carbons (Fsp3) is 1.00. The molecule has 0 spiro atoms. The number of hydrogen-bond donors (Lipinski definition) is 0. The molecule has 3 nitrogen and oxygen atoms in total. The molecule has 0 aromatic carbocycles. The van der Waals surface area contributed by atoms with Crippen LogP contribution in [0.4, 0.5) is 0 Å². The van der Waals surface area contributed by atoms with Gasteiger partial charge in [0.15, 0.2) is 5.79 Å². The normalized spacial score (nSPS) is 22.8. The van der Waals surface area contributed by atoms with E-state index in [-0.39, 0.29) is 6.10 Å². The first kappa shape index (κ1) is 11.9. The third kappa shape index (κ3) is 4.04. The average molecular weight is 176 g/mol. The molecule has 1 aliphatic rings. The summed E-state index contributed by atoms with van der Waals surface area (Å²) in [7, 11) is 1.66. The molecule has 0 radical (unpaired) electrons. The summed E-state index contributed by atoms with van der Waals surface area (Å²) in [4.78, 5) is 0. The Bertz CT molecular complexity index is 102. The zero-order valence-corrected chi connectivity index (χ0v) is 8.72. The third-order valence-corrected chi connectivity index (χ3v) is 1.57. The van der Waals surface area contributed by atoms with Crippen LogP contribution in [0.25, 0.3) is 0 Å². The molecule has 0 aromatic rings. The minimum Gasteiger partial charge on any atom is -0.377 e. The summed E-state index contributed by atoms with van der Waals surface area (Å²) < 4.78 is 15.7. The Balaban J connectivity index is 0.000000561. The van der Waals surface area contributed by atoms with Crippen molar-refractivity contribution >= 4 is 0 Å². The molecule has 1 saturated heterocycles. The van der Waals surface area contributed by atoms with Gasteiger partial charge in [-0.15, -0.1) is 0 Å². The summed E-state index contributed by atoms with van der Waals surface area (Å²) >= 11 is 0. The number of hydrogen-bond acceptors (Lipinski definition) is 3. The number of rotatable bonds is 1. The average Bonchev–Trinajstić information content (AvgIpc) is 2.08. The SMILES string of the molecule is CC.COC1COC(C)(C)OC1. The fourth-order valence-electron chi connectivity index (χ4n) is 0.813. The maximum absolute atomic E-state index is 5.32. The van der Waals surface area contributed by atoms with Gasteiger partial charge in [0.05, 0.1) is 13.2 Å². The molecular weight excluding hydrogens is 156 g/mol. The molecule has 0 unspecified atom stereocenters. The van der Waals surface area contributed by atoms with Crippen molar-refractivity contribution < 1.29 is 14.2 Å². The summed E-state index contributed by atoms with van der Waals surface area (Å²) in [5.74, 6) is -0.422. The lowest BCUT2D eigenvalue weighted by molar-refractivity contribution is -0.276. The van der Waals surface area contributed by atoms with Crippen LogP contribution in [0, 0.1) is 0 Å². The minimum atomic E-state index is -0.422. The predicted octanol–water partition coefficient (Wildman–Crippen LogP) is 1.81. The Hall–Kier alpha value is -0.120. The highest BCUT2D eigenvalue weighted by Crippen LogP contribution is 2.17. The van der Waals surface area contributed by atoms with Crippen LogP contribution in [0.15, 0.2) is 0 Å². The van der Waals surface area contributed by atoms with Crippen LogP contribution in [-0.4, -0.2) is 32.2 Å². The summed E-state index contributed by atoms with van der Waals surface area (Å²) in [6.07, 6.45) is 0.105. The lowest BCUT2D eigenvalue weighted by Crippen LogP contribution is -2.42. The van der Waals surface area contributed by atoms with Gasteiger partial charge < -0.3 is 14.2 Å². The molecule has 0 saturated carbocycles. The third-order valence-electron chi connectivity index (χ3n) is 1.57. The van der Waals surface area contributed by atoms with Gasteiger partial charge in [-0.1, -0.05) is 13.8 Å². The van der Waals surface area contributed by atoms with Crippen LogP contribution in [0.2, 0.25) is 0 Å². The van der Waals surface area contributed by atoms with Gasteiger partial charge in [0.25, 0.3) is 0 Å². The molecule has 12 heavy (non-hydrogen) atoms. The zero-order chi connectivity index (χ0) is 9.61. The maximum Gasteiger partial charge on any atom is 0.163 e. The van der Waals surface area contributed by atoms with E-state index < -0.39 is 5.79 Å². The van der Waals surface area contributed by atoms with Gasteiger partial charge in [0.1, 0.15) is 6.10 Å². The number of methoxy groups -OCH3 is 1. The molecular formula is C9H20O3. The summed E-state index contributed by atoms with van der Waals surface area (Å²) in [6.45, 7) is 9.06. The molecule has 1 fully saturated rings. The van der Waals surface area contributed by atoms with E-state index in [4.69, 9.17) is 14.2 Å². The predicted molar refractivity (Wildman–Crippen MR) is 48.1 cm³/mol. The van der Waals surface area contributed by atoms with Crippen molar-refractivity contribution in [3.8, 4) is 0 Å². The fourth-order valence-corrected chi connectivity index (χ4v) is 0.813. The van der Waals surface area contributed by atoms with Crippen LogP contribution >= 0.6 is 0 Å². The molecule has 0 aromatic heterocycles. The Morgan fingerprint density at radius 2 is 1.58 bits per heavy atom. The Morgan fingerprint density at radius 1 is 1.17 bits per heavy atom. The lowest BCUT2D eigenvalue weighted by atomic mass is 10.3. The van der Waals surface area contributed by atoms with Gasteiger partial charge in [0, 0.05) is 7.11 Å². The standard InChI is InChI=1S/C7H14O3.C2H6/c1-7(2)9-4-6(8-3)5-10-7;1-2/h6H,4-5H2,1-3H3;1-2H3. The van der Waals surface area contributed by atoms with Crippen molar-refractivity contribution in [1.29, 1.82) is 0 Å². The van der Waals surface area contributed by atoms with Crippen molar-refractivity contribution in [2.45, 2.75) is 39.6 Å². The summed E-state index contributed by atoms with van der Waals surface area (Å²) in [5, 5.41) is 0. The van der Waals surface area contributed by atoms with Gasteiger partial charge >= 0.3 is 0 Å². The maximum atomic E-state index is 5.32. The largest absolute Gasteiger partial charge is 0.377 e. The van der Waals surface area contributed by atoms with Crippen molar-refractivity contribution in [2.24, 2.45) is 0 Å². The lowest BCUT2D eigenvalue weighted by Gasteiger charge is -2.34. The van der Waals surface area contributed by atoms with Gasteiger partial charge in [-0.3, -0.25) is 0 Å². The van der Waals surface area contributed by atoms with Crippen LogP contribution in [0.5, 0.6) is 0 Å². The second kappa shape index (κ2) is 5.51. The first-order chi connectivity index (χ1) is 5.64. The smallest absolute Gasteiger partial charge is 0.163 e. The van der Waals surface area contributed by atoms with E-state index in [0.29, 0.717) is 13.2 Å². The monoisotopic (exact) mass is 176 g/mol. The highest BCUT2D eigenvalue weighted by Gasteiger charge is 2.27. The van der Waals surface area contributed by atoms with Crippen molar-refractivity contribution in [1.82, 2.24) is 0 Å². The van der Waals surface area contributed by atoms with Crippen molar-refractivity contribution in [2.75, 3.05) is 20.3 Å². The van der Waals surface area contributed by atoms with E-state index in [9.17, 15) is 0 Å². The topological polar surface area (TPSA) is 27.7 Å². The number of ether oxygens (including phenoxy) is 3. The minimum absolute atomic E-state index is 0.105. The van der Waals surface area contributed by atoms with Gasteiger partial charge in [-0.25, -0.2) is 0 Å². The molecule has 0 bridgehead atoms. The quantitative estimate of drug-likeness (QED) is 0.610. The molecule has 3 heteroatoms. The summed E-state index contributed by atoms with van der Waals surface area (Å²) in [6, 6.07) is 0. The van der Waals surface area contributed by atoms with E-state index in [2.05, 4.69) is 0 Å². The first-order valence-electron chi connectivity index (χ1n) is 4.45. The first-order valence-corrected chi connectivity index (χ1v) is 4.45. The van der Waals surface area contributed by atoms with Crippen LogP contribution < -0.4 is 0 Å². The summed E-state index contributed by atoms with van der Waals surface area (Å²) in [5.41, 5.74) is 0.